The number of benzene rings is 1. The maximum Gasteiger partial charge on any atom is 0.266 e. The monoisotopic (exact) mass is 426 g/mol. The number of hydrogen-bond acceptors (Lipinski definition) is 5. The first-order valence-electron chi connectivity index (χ1n) is 10.4. The van der Waals surface area contributed by atoms with Crippen LogP contribution in [0.4, 0.5) is 4.39 Å². The van der Waals surface area contributed by atoms with Gasteiger partial charge in [-0.2, -0.15) is 5.26 Å². The van der Waals surface area contributed by atoms with Gasteiger partial charge in [-0.05, 0) is 49.1 Å². The fourth-order valence-electron chi connectivity index (χ4n) is 3.99. The number of rotatable bonds is 7. The van der Waals surface area contributed by atoms with Crippen molar-refractivity contribution in [2.24, 2.45) is 0 Å². The van der Waals surface area contributed by atoms with Crippen LogP contribution in [0.1, 0.15) is 40.4 Å². The summed E-state index contributed by atoms with van der Waals surface area (Å²) in [5.41, 5.74) is 2.73. The molecule has 0 saturated carbocycles. The molecule has 0 radical (unpaired) electrons. The van der Waals surface area contributed by atoms with Gasteiger partial charge in [0.25, 0.3) is 5.56 Å². The molecule has 1 aliphatic heterocycles. The minimum atomic E-state index is -0.404. The van der Waals surface area contributed by atoms with Crippen molar-refractivity contribution in [1.82, 2.24) is 15.2 Å². The first-order valence-corrected chi connectivity index (χ1v) is 10.4. The molecule has 3 rings (SSSR count). The second kappa shape index (κ2) is 10.3. The van der Waals surface area contributed by atoms with Crippen molar-refractivity contribution in [3.8, 4) is 6.07 Å². The molecule has 31 heavy (non-hydrogen) atoms. The Morgan fingerprint density at radius 1 is 1.29 bits per heavy atom. The number of aromatic amines is 1. The fraction of sp³-hybridized carbons (Fsp3) is 0.435. The number of halogens is 1. The quantitative estimate of drug-likeness (QED) is 0.707. The van der Waals surface area contributed by atoms with Gasteiger partial charge in [0.2, 0.25) is 5.91 Å². The molecule has 0 spiro atoms. The van der Waals surface area contributed by atoms with Gasteiger partial charge in [-0.15, -0.1) is 0 Å². The average molecular weight is 426 g/mol. The summed E-state index contributed by atoms with van der Waals surface area (Å²) in [5, 5.41) is 12.2. The van der Waals surface area contributed by atoms with Crippen LogP contribution in [0.25, 0.3) is 0 Å². The molecule has 164 valence electrons. The van der Waals surface area contributed by atoms with Crippen molar-refractivity contribution < 1.29 is 13.9 Å². The smallest absolute Gasteiger partial charge is 0.266 e. The third-order valence-electron chi connectivity index (χ3n) is 5.76. The van der Waals surface area contributed by atoms with Gasteiger partial charge >= 0.3 is 0 Å². The lowest BCUT2D eigenvalue weighted by atomic mass is 9.99. The van der Waals surface area contributed by atoms with E-state index in [1.165, 1.54) is 12.1 Å². The molecule has 7 nitrogen and oxygen atoms in total. The zero-order valence-electron chi connectivity index (χ0n) is 17.8. The molecule has 1 aromatic heterocycles. The summed E-state index contributed by atoms with van der Waals surface area (Å²) in [6.07, 6.45) is 0.658. The molecule has 0 aliphatic carbocycles. The molecule has 1 amide bonds. The van der Waals surface area contributed by atoms with Gasteiger partial charge in [-0.3, -0.25) is 14.5 Å². The minimum absolute atomic E-state index is 0.0739. The van der Waals surface area contributed by atoms with E-state index in [0.29, 0.717) is 37.4 Å². The van der Waals surface area contributed by atoms with Crippen LogP contribution in [-0.4, -0.2) is 48.6 Å². The lowest BCUT2D eigenvalue weighted by Gasteiger charge is -2.35. The zero-order valence-corrected chi connectivity index (χ0v) is 17.8. The normalized spacial score (nSPS) is 15.3. The van der Waals surface area contributed by atoms with Crippen LogP contribution < -0.4 is 10.9 Å². The Morgan fingerprint density at radius 3 is 2.61 bits per heavy atom. The summed E-state index contributed by atoms with van der Waals surface area (Å²) >= 11 is 0. The van der Waals surface area contributed by atoms with Gasteiger partial charge in [-0.1, -0.05) is 12.1 Å². The molecule has 1 unspecified atom stereocenters. The summed E-state index contributed by atoms with van der Waals surface area (Å²) in [4.78, 5) is 29.4. The van der Waals surface area contributed by atoms with Gasteiger partial charge in [-0.25, -0.2) is 4.39 Å². The highest BCUT2D eigenvalue weighted by Crippen LogP contribution is 2.22. The van der Waals surface area contributed by atoms with E-state index in [1.54, 1.807) is 26.0 Å². The molecule has 2 N–H and O–H groups in total. The topological polar surface area (TPSA) is 98.2 Å². The number of carbonyl (C=O) groups excluding carboxylic acids is 1. The highest BCUT2D eigenvalue weighted by atomic mass is 19.1. The van der Waals surface area contributed by atoms with E-state index in [-0.39, 0.29) is 29.8 Å². The predicted molar refractivity (Wildman–Crippen MR) is 114 cm³/mol. The largest absolute Gasteiger partial charge is 0.379 e. The number of aryl methyl sites for hydroxylation is 1. The Balaban J connectivity index is 1.66. The van der Waals surface area contributed by atoms with Crippen LogP contribution >= 0.6 is 0 Å². The second-order valence-corrected chi connectivity index (χ2v) is 7.69. The lowest BCUT2D eigenvalue weighted by Crippen LogP contribution is -2.43. The third-order valence-corrected chi connectivity index (χ3v) is 5.76. The Kier molecular flexibility index (Phi) is 7.55. The van der Waals surface area contributed by atoms with Crippen LogP contribution in [0, 0.1) is 31.0 Å². The first kappa shape index (κ1) is 22.7. The Bertz CT molecular complexity index is 1020. The van der Waals surface area contributed by atoms with Crippen molar-refractivity contribution >= 4 is 5.91 Å². The summed E-state index contributed by atoms with van der Waals surface area (Å²) in [7, 11) is 0. The molecular formula is C23H27FN4O3. The lowest BCUT2D eigenvalue weighted by molar-refractivity contribution is -0.121. The van der Waals surface area contributed by atoms with E-state index in [2.05, 4.69) is 15.2 Å². The van der Waals surface area contributed by atoms with E-state index in [0.717, 1.165) is 24.2 Å². The number of nitriles is 1. The molecule has 1 saturated heterocycles. The maximum absolute atomic E-state index is 13.4. The van der Waals surface area contributed by atoms with Crippen molar-refractivity contribution in [3.05, 3.63) is 68.4 Å². The molecule has 8 heteroatoms. The Morgan fingerprint density at radius 2 is 1.97 bits per heavy atom. The number of nitrogens with one attached hydrogen (secondary N) is 2. The summed E-state index contributed by atoms with van der Waals surface area (Å²) in [6, 6.07) is 8.21. The van der Waals surface area contributed by atoms with Crippen LogP contribution in [0.15, 0.2) is 29.1 Å². The van der Waals surface area contributed by atoms with Gasteiger partial charge < -0.3 is 15.0 Å². The number of nitrogens with zero attached hydrogens (tertiary/aromatic N) is 2. The number of carbonyl (C=O) groups is 1. The molecule has 0 bridgehead atoms. The highest BCUT2D eigenvalue weighted by molar-refractivity contribution is 5.76. The number of morpholine rings is 1. The number of ether oxygens (including phenoxy) is 1. The number of aromatic nitrogens is 1. The minimum Gasteiger partial charge on any atom is -0.379 e. The fourth-order valence-corrected chi connectivity index (χ4v) is 3.99. The van der Waals surface area contributed by atoms with Crippen LogP contribution in [0.2, 0.25) is 0 Å². The molecular weight excluding hydrogens is 399 g/mol. The zero-order chi connectivity index (χ0) is 22.4. The Labute approximate surface area is 180 Å². The van der Waals surface area contributed by atoms with E-state index >= 15 is 0 Å². The van der Waals surface area contributed by atoms with E-state index in [1.807, 2.05) is 6.07 Å². The summed E-state index contributed by atoms with van der Waals surface area (Å²) in [6.45, 7) is 6.63. The molecule has 1 fully saturated rings. The van der Waals surface area contributed by atoms with Gasteiger partial charge in [0.1, 0.15) is 17.4 Å². The van der Waals surface area contributed by atoms with Gasteiger partial charge in [0, 0.05) is 31.7 Å². The first-order chi connectivity index (χ1) is 14.9. The number of hydrogen-bond donors (Lipinski definition) is 2. The van der Waals surface area contributed by atoms with Crippen molar-refractivity contribution in [2.75, 3.05) is 32.8 Å². The Hall–Kier alpha value is -3.02. The highest BCUT2D eigenvalue weighted by Gasteiger charge is 2.23. The third kappa shape index (κ3) is 5.57. The van der Waals surface area contributed by atoms with E-state index in [4.69, 9.17) is 4.74 Å². The molecule has 2 aromatic rings. The van der Waals surface area contributed by atoms with Crippen molar-refractivity contribution in [1.29, 1.82) is 5.26 Å². The molecule has 1 aliphatic rings. The van der Waals surface area contributed by atoms with Crippen molar-refractivity contribution in [3.63, 3.8) is 0 Å². The number of amides is 1. The van der Waals surface area contributed by atoms with Crippen LogP contribution in [-0.2, 0) is 16.0 Å². The second-order valence-electron chi connectivity index (χ2n) is 7.69. The van der Waals surface area contributed by atoms with Crippen LogP contribution in [0.3, 0.4) is 0 Å². The number of H-pyrrole nitrogens is 1. The SMILES string of the molecule is Cc1[nH]c(=O)c(C#N)c(C)c1CCC(=O)NCC(c1ccc(F)cc1)N1CCOCC1. The molecule has 1 atom stereocenters. The molecule has 2 heterocycles. The van der Waals surface area contributed by atoms with Crippen molar-refractivity contribution in [2.45, 2.75) is 32.7 Å². The van der Waals surface area contributed by atoms with E-state index in [9.17, 15) is 19.2 Å². The predicted octanol–water partition coefficient (Wildman–Crippen LogP) is 2.12. The van der Waals surface area contributed by atoms with Gasteiger partial charge in [0.05, 0.1) is 19.3 Å². The standard InChI is InChI=1S/C23H27FN4O3/c1-15-19(16(2)27-23(30)20(15)13-25)7-8-22(29)26-14-21(28-9-11-31-12-10-28)17-3-5-18(24)6-4-17/h3-6,21H,7-12,14H2,1-2H3,(H,26,29)(H,27,30). The maximum atomic E-state index is 13.4. The summed E-state index contributed by atoms with van der Waals surface area (Å²) < 4.78 is 18.8. The average Bonchev–Trinajstić information content (AvgIpc) is 2.75. The number of pyridine rings is 1. The van der Waals surface area contributed by atoms with Gasteiger partial charge in [0.15, 0.2) is 0 Å². The van der Waals surface area contributed by atoms with E-state index < -0.39 is 5.56 Å². The van der Waals surface area contributed by atoms with Crippen LogP contribution in [0.5, 0.6) is 0 Å². The molecule has 1 aromatic carbocycles. The summed E-state index contributed by atoms with van der Waals surface area (Å²) in [5.74, 6) is -0.416.